The molecule has 3 aromatic rings. The largest absolute Gasteiger partial charge is 0.616 e. The lowest BCUT2D eigenvalue weighted by Crippen LogP contribution is -2.29. The number of aryl methyl sites for hydroxylation is 1. The van der Waals surface area contributed by atoms with Crippen LogP contribution in [-0.4, -0.2) is 0 Å². The molecule has 1 heterocycles. The van der Waals surface area contributed by atoms with Gasteiger partial charge in [-0.2, -0.15) is 0 Å². The molecule has 3 rings (SSSR count). The second kappa shape index (κ2) is 4.85. The predicted octanol–water partition coefficient (Wildman–Crippen LogP) is 3.86. The van der Waals surface area contributed by atoms with Gasteiger partial charge in [-0.25, -0.2) is 0 Å². The van der Waals surface area contributed by atoms with Gasteiger partial charge in [0.15, 0.2) is 0 Å². The lowest BCUT2D eigenvalue weighted by atomic mass is 10.1. The van der Waals surface area contributed by atoms with Gasteiger partial charge in [0.05, 0.1) is 5.56 Å². The van der Waals surface area contributed by atoms with Crippen LogP contribution in [0.1, 0.15) is 11.3 Å². The normalized spacial score (nSPS) is 10.7. The van der Waals surface area contributed by atoms with E-state index in [1.165, 1.54) is 0 Å². The van der Waals surface area contributed by atoms with Crippen LogP contribution in [0.2, 0.25) is 0 Å². The summed E-state index contributed by atoms with van der Waals surface area (Å²) in [6.07, 6.45) is 0. The molecule has 0 atom stereocenters. The Labute approximate surface area is 117 Å². The Morgan fingerprint density at radius 3 is 2.15 bits per heavy atom. The minimum absolute atomic E-state index is 0.335. The zero-order valence-corrected chi connectivity index (χ0v) is 11.5. The summed E-state index contributed by atoms with van der Waals surface area (Å²) in [6, 6.07) is 17.4. The highest BCUT2D eigenvalue weighted by molar-refractivity contribution is 5.61. The first-order valence-corrected chi connectivity index (χ1v) is 6.52. The predicted molar refractivity (Wildman–Crippen MR) is 78.0 cm³/mol. The molecule has 0 fully saturated rings. The first-order valence-electron chi connectivity index (χ1n) is 6.52. The zero-order valence-electron chi connectivity index (χ0n) is 11.5. The number of rotatable bonds is 2. The fourth-order valence-electron chi connectivity index (χ4n) is 2.19. The van der Waals surface area contributed by atoms with Gasteiger partial charge in [0, 0.05) is 12.5 Å². The fraction of sp³-hybridized carbons (Fsp3) is 0.118. The van der Waals surface area contributed by atoms with Crippen molar-refractivity contribution in [2.24, 2.45) is 0 Å². The highest BCUT2D eigenvalue weighted by Crippen LogP contribution is 2.27. The summed E-state index contributed by atoms with van der Waals surface area (Å²) >= 11 is 0. The van der Waals surface area contributed by atoms with E-state index < -0.39 is 0 Å². The van der Waals surface area contributed by atoms with Crippen LogP contribution in [0, 0.1) is 19.1 Å². The molecule has 0 aliphatic rings. The van der Waals surface area contributed by atoms with E-state index in [4.69, 9.17) is 4.42 Å². The highest BCUT2D eigenvalue weighted by atomic mass is 16.5. The molecule has 0 saturated heterocycles. The van der Waals surface area contributed by atoms with Gasteiger partial charge < -0.3 is 9.62 Å². The third kappa shape index (κ3) is 2.07. The number of nitrogens with zero attached hydrogens (tertiary/aromatic N) is 1. The summed E-state index contributed by atoms with van der Waals surface area (Å²) in [7, 11) is 0. The maximum atomic E-state index is 12.3. The first-order chi connectivity index (χ1) is 9.66. The van der Waals surface area contributed by atoms with Crippen molar-refractivity contribution in [2.45, 2.75) is 13.8 Å². The molecule has 0 unspecified atom stereocenters. The molecular weight excluding hydrogens is 250 g/mol. The van der Waals surface area contributed by atoms with Crippen LogP contribution in [-0.2, 0) is 0 Å². The topological polar surface area (TPSA) is 40.1 Å². The minimum atomic E-state index is 0.335. The smallest absolute Gasteiger partial charge is 0.392 e. The molecule has 0 aliphatic heterocycles. The van der Waals surface area contributed by atoms with Crippen LogP contribution < -0.4 is 4.73 Å². The van der Waals surface area contributed by atoms with Gasteiger partial charge in [-0.05, 0) is 19.1 Å². The van der Waals surface area contributed by atoms with Crippen LogP contribution >= 0.6 is 0 Å². The Hall–Kier alpha value is -2.55. The van der Waals surface area contributed by atoms with Gasteiger partial charge in [0.25, 0.3) is 0 Å². The van der Waals surface area contributed by atoms with E-state index in [1.54, 1.807) is 6.92 Å². The minimum Gasteiger partial charge on any atom is -0.616 e. The number of benzene rings is 2. The molecule has 0 saturated carbocycles. The summed E-state index contributed by atoms with van der Waals surface area (Å²) in [5, 5.41) is 12.3. The van der Waals surface area contributed by atoms with Crippen molar-refractivity contribution in [1.29, 1.82) is 0 Å². The monoisotopic (exact) mass is 265 g/mol. The van der Waals surface area contributed by atoms with Crippen LogP contribution in [0.25, 0.3) is 22.8 Å². The average molecular weight is 265 g/mol. The Kier molecular flexibility index (Phi) is 3.03. The Bertz CT molecular complexity index is 728. The van der Waals surface area contributed by atoms with Crippen molar-refractivity contribution in [3.63, 3.8) is 0 Å². The van der Waals surface area contributed by atoms with Gasteiger partial charge in [0.2, 0.25) is 11.5 Å². The van der Waals surface area contributed by atoms with Crippen molar-refractivity contribution >= 4 is 0 Å². The van der Waals surface area contributed by atoms with Crippen LogP contribution in [0.5, 0.6) is 0 Å². The van der Waals surface area contributed by atoms with E-state index in [1.807, 2.05) is 61.5 Å². The van der Waals surface area contributed by atoms with Crippen molar-refractivity contribution in [3.05, 3.63) is 71.1 Å². The Morgan fingerprint density at radius 2 is 1.50 bits per heavy atom. The molecule has 2 aromatic carbocycles. The molecule has 0 N–H and O–H groups in total. The molecular formula is C17H15NO2. The van der Waals surface area contributed by atoms with Crippen molar-refractivity contribution in [1.82, 2.24) is 0 Å². The van der Waals surface area contributed by atoms with Gasteiger partial charge >= 0.3 is 5.89 Å². The van der Waals surface area contributed by atoms with Crippen LogP contribution in [0.15, 0.2) is 59.0 Å². The molecule has 20 heavy (non-hydrogen) atoms. The Balaban J connectivity index is 2.13. The summed E-state index contributed by atoms with van der Waals surface area (Å²) in [6.45, 7) is 3.79. The van der Waals surface area contributed by atoms with Crippen molar-refractivity contribution in [2.75, 3.05) is 0 Å². The van der Waals surface area contributed by atoms with E-state index in [2.05, 4.69) is 0 Å². The van der Waals surface area contributed by atoms with Crippen molar-refractivity contribution in [3.8, 4) is 22.8 Å². The van der Waals surface area contributed by atoms with E-state index in [0.29, 0.717) is 17.3 Å². The molecule has 0 amide bonds. The van der Waals surface area contributed by atoms with Gasteiger partial charge in [-0.15, -0.1) is 4.73 Å². The quantitative estimate of drug-likeness (QED) is 0.521. The van der Waals surface area contributed by atoms with Crippen molar-refractivity contribution < 1.29 is 9.15 Å². The molecule has 3 nitrogen and oxygen atoms in total. The summed E-state index contributed by atoms with van der Waals surface area (Å²) < 4.78 is 6.66. The van der Waals surface area contributed by atoms with Crippen LogP contribution in [0.3, 0.4) is 0 Å². The average Bonchev–Trinajstić information content (AvgIpc) is 2.77. The van der Waals surface area contributed by atoms with E-state index >= 15 is 0 Å². The maximum absolute atomic E-state index is 12.3. The zero-order chi connectivity index (χ0) is 14.1. The van der Waals surface area contributed by atoms with E-state index in [-0.39, 0.29) is 0 Å². The van der Waals surface area contributed by atoms with E-state index in [9.17, 15) is 5.21 Å². The molecule has 0 radical (unpaired) electrons. The highest BCUT2D eigenvalue weighted by Gasteiger charge is 2.23. The van der Waals surface area contributed by atoms with Crippen LogP contribution in [0.4, 0.5) is 0 Å². The summed E-state index contributed by atoms with van der Waals surface area (Å²) in [5.41, 5.74) is 3.42. The molecule has 100 valence electrons. The third-order valence-electron chi connectivity index (χ3n) is 3.35. The van der Waals surface area contributed by atoms with Gasteiger partial charge in [-0.3, -0.25) is 0 Å². The third-order valence-corrected chi connectivity index (χ3v) is 3.35. The molecule has 0 spiro atoms. The number of hydrogen-bond acceptors (Lipinski definition) is 2. The lowest BCUT2D eigenvalue weighted by Gasteiger charge is -1.97. The van der Waals surface area contributed by atoms with Gasteiger partial charge in [0.1, 0.15) is 0 Å². The summed E-state index contributed by atoms with van der Waals surface area (Å²) in [4.78, 5) is 0. The number of aromatic nitrogens is 1. The Morgan fingerprint density at radius 1 is 0.850 bits per heavy atom. The molecule has 0 aliphatic carbocycles. The number of hydrogen-bond donors (Lipinski definition) is 0. The maximum Gasteiger partial charge on any atom is 0.392 e. The van der Waals surface area contributed by atoms with E-state index in [0.717, 1.165) is 21.4 Å². The molecule has 3 heteroatoms. The second-order valence-electron chi connectivity index (χ2n) is 4.85. The lowest BCUT2D eigenvalue weighted by molar-refractivity contribution is -0.602. The van der Waals surface area contributed by atoms with Gasteiger partial charge in [-0.1, -0.05) is 48.0 Å². The molecule has 1 aromatic heterocycles. The summed E-state index contributed by atoms with van der Waals surface area (Å²) in [5.74, 6) is 0.956. The number of oxazole rings is 1. The first kappa shape index (κ1) is 12.5. The SMILES string of the molecule is Cc1ccc(-c2oc(-c3ccccc3)c(C)[n+]2[O-])cc1. The second-order valence-corrected chi connectivity index (χ2v) is 4.85. The standard InChI is InChI=1S/C17H15NO2/c1-12-8-10-15(11-9-12)17-18(19)13(2)16(20-17)14-6-4-3-5-7-14/h3-11H,1-2H3. The fourth-order valence-corrected chi connectivity index (χ4v) is 2.19. The molecule has 0 bridgehead atoms.